The number of aryl methyl sites for hydroxylation is 1. The van der Waals surface area contributed by atoms with Gasteiger partial charge in [0.1, 0.15) is 0 Å². The average Bonchev–Trinajstić information content (AvgIpc) is 2.96. The van der Waals surface area contributed by atoms with Gasteiger partial charge >= 0.3 is 0 Å². The van der Waals surface area contributed by atoms with Crippen LogP contribution in [-0.4, -0.2) is 29.9 Å². The van der Waals surface area contributed by atoms with E-state index in [4.69, 9.17) is 0 Å². The maximum Gasteiger partial charge on any atom is 0.251 e. The van der Waals surface area contributed by atoms with E-state index in [0.717, 1.165) is 31.6 Å². The van der Waals surface area contributed by atoms with Crippen molar-refractivity contribution in [2.45, 2.75) is 25.9 Å². The highest BCUT2D eigenvalue weighted by Gasteiger charge is 2.24. The van der Waals surface area contributed by atoms with Crippen LogP contribution >= 0.6 is 0 Å². The van der Waals surface area contributed by atoms with E-state index >= 15 is 0 Å². The topological polar surface area (TPSA) is 32.3 Å². The first-order chi connectivity index (χ1) is 10.7. The van der Waals surface area contributed by atoms with Gasteiger partial charge in [0.25, 0.3) is 5.91 Å². The number of hydrogen-bond acceptors (Lipinski definition) is 2. The number of hydrogen-bond donors (Lipinski definition) is 1. The summed E-state index contributed by atoms with van der Waals surface area (Å²) in [6, 6.07) is 18.5. The number of carbonyl (C=O) groups is 1. The quantitative estimate of drug-likeness (QED) is 0.940. The molecule has 1 N–H and O–H groups in total. The van der Waals surface area contributed by atoms with E-state index in [1.807, 2.05) is 37.3 Å². The van der Waals surface area contributed by atoms with E-state index in [9.17, 15) is 4.79 Å². The first-order valence-corrected chi connectivity index (χ1v) is 7.84. The number of benzene rings is 2. The highest BCUT2D eigenvalue weighted by atomic mass is 16.1. The summed E-state index contributed by atoms with van der Waals surface area (Å²) < 4.78 is 0. The van der Waals surface area contributed by atoms with E-state index in [-0.39, 0.29) is 11.9 Å². The first-order valence-electron chi connectivity index (χ1n) is 7.84. The molecule has 0 unspecified atom stereocenters. The molecule has 2 aromatic rings. The molecule has 0 radical (unpaired) electrons. The highest BCUT2D eigenvalue weighted by Crippen LogP contribution is 2.14. The summed E-state index contributed by atoms with van der Waals surface area (Å²) in [7, 11) is 0. The van der Waals surface area contributed by atoms with E-state index in [0.29, 0.717) is 0 Å². The normalized spacial score (nSPS) is 18.3. The minimum absolute atomic E-state index is 0.0339. The summed E-state index contributed by atoms with van der Waals surface area (Å²) in [4.78, 5) is 14.6. The average molecular weight is 294 g/mol. The van der Waals surface area contributed by atoms with Crippen LogP contribution in [0.3, 0.4) is 0 Å². The van der Waals surface area contributed by atoms with Crippen molar-refractivity contribution in [3.63, 3.8) is 0 Å². The van der Waals surface area contributed by atoms with Crippen LogP contribution in [0, 0.1) is 6.92 Å². The number of likely N-dealkylation sites (tertiary alicyclic amines) is 1. The molecule has 0 aromatic heterocycles. The zero-order valence-electron chi connectivity index (χ0n) is 13.0. The van der Waals surface area contributed by atoms with Crippen LogP contribution < -0.4 is 5.32 Å². The van der Waals surface area contributed by atoms with Gasteiger partial charge in [-0.2, -0.15) is 0 Å². The molecule has 0 aliphatic carbocycles. The van der Waals surface area contributed by atoms with Gasteiger partial charge in [-0.05, 0) is 31.0 Å². The predicted molar refractivity (Wildman–Crippen MR) is 88.8 cm³/mol. The standard InChI is InChI=1S/C19H22N2O/c1-15-7-9-17(10-8-15)19(22)20-18-11-12-21(14-18)13-16-5-3-2-4-6-16/h2-10,18H,11-14H2,1H3,(H,20,22)/t18-/m1/s1. The molecule has 22 heavy (non-hydrogen) atoms. The van der Waals surface area contributed by atoms with Crippen LogP contribution in [0.4, 0.5) is 0 Å². The zero-order chi connectivity index (χ0) is 15.4. The molecule has 1 fully saturated rings. The maximum atomic E-state index is 12.2. The van der Waals surface area contributed by atoms with Crippen LogP contribution in [0.25, 0.3) is 0 Å². The predicted octanol–water partition coefficient (Wildman–Crippen LogP) is 3.00. The van der Waals surface area contributed by atoms with Gasteiger partial charge < -0.3 is 5.32 Å². The van der Waals surface area contributed by atoms with Crippen molar-refractivity contribution in [3.05, 3.63) is 71.3 Å². The van der Waals surface area contributed by atoms with Gasteiger partial charge in [-0.3, -0.25) is 9.69 Å². The Morgan fingerprint density at radius 2 is 1.86 bits per heavy atom. The second kappa shape index (κ2) is 6.75. The van der Waals surface area contributed by atoms with Gasteiger partial charge in [0.2, 0.25) is 0 Å². The van der Waals surface area contributed by atoms with Crippen LogP contribution in [0.1, 0.15) is 27.9 Å². The maximum absolute atomic E-state index is 12.2. The molecule has 0 spiro atoms. The molecule has 3 rings (SSSR count). The molecular weight excluding hydrogens is 272 g/mol. The molecule has 1 aliphatic rings. The van der Waals surface area contributed by atoms with Crippen molar-refractivity contribution in [1.82, 2.24) is 10.2 Å². The molecule has 3 heteroatoms. The molecule has 1 saturated heterocycles. The van der Waals surface area contributed by atoms with E-state index in [2.05, 4.69) is 34.5 Å². The van der Waals surface area contributed by atoms with Crippen molar-refractivity contribution >= 4 is 5.91 Å². The largest absolute Gasteiger partial charge is 0.348 e. The summed E-state index contributed by atoms with van der Waals surface area (Å²) in [5, 5.41) is 3.15. The Morgan fingerprint density at radius 1 is 1.14 bits per heavy atom. The Balaban J connectivity index is 1.52. The summed E-state index contributed by atoms with van der Waals surface area (Å²) in [6.45, 7) is 4.94. The Morgan fingerprint density at radius 3 is 2.59 bits per heavy atom. The van der Waals surface area contributed by atoms with Crippen molar-refractivity contribution in [3.8, 4) is 0 Å². The molecular formula is C19H22N2O. The SMILES string of the molecule is Cc1ccc(C(=O)N[C@@H]2CCN(Cc3ccccc3)C2)cc1. The lowest BCUT2D eigenvalue weighted by Crippen LogP contribution is -2.36. The fourth-order valence-electron chi connectivity index (χ4n) is 2.91. The first kappa shape index (κ1) is 14.8. The lowest BCUT2D eigenvalue weighted by atomic mass is 10.1. The highest BCUT2D eigenvalue weighted by molar-refractivity contribution is 5.94. The number of nitrogens with zero attached hydrogens (tertiary/aromatic N) is 1. The second-order valence-electron chi connectivity index (χ2n) is 6.05. The molecule has 1 amide bonds. The molecule has 3 nitrogen and oxygen atoms in total. The second-order valence-corrected chi connectivity index (χ2v) is 6.05. The number of rotatable bonds is 4. The zero-order valence-corrected chi connectivity index (χ0v) is 13.0. The fourth-order valence-corrected chi connectivity index (χ4v) is 2.91. The molecule has 1 heterocycles. The van der Waals surface area contributed by atoms with Gasteiger partial charge in [0.05, 0.1) is 0 Å². The van der Waals surface area contributed by atoms with Crippen LogP contribution in [0.15, 0.2) is 54.6 Å². The Kier molecular flexibility index (Phi) is 4.54. The molecule has 2 aromatic carbocycles. The van der Waals surface area contributed by atoms with Gasteiger partial charge in [-0.1, -0.05) is 48.0 Å². The van der Waals surface area contributed by atoms with E-state index < -0.39 is 0 Å². The Labute approximate surface area is 132 Å². The number of carbonyl (C=O) groups excluding carboxylic acids is 1. The van der Waals surface area contributed by atoms with E-state index in [1.165, 1.54) is 11.1 Å². The number of amides is 1. The number of nitrogens with one attached hydrogen (secondary N) is 1. The molecule has 1 atom stereocenters. The fraction of sp³-hybridized carbons (Fsp3) is 0.316. The Hall–Kier alpha value is -2.13. The van der Waals surface area contributed by atoms with Crippen LogP contribution in [0.2, 0.25) is 0 Å². The molecule has 114 valence electrons. The summed E-state index contributed by atoms with van der Waals surface area (Å²) >= 11 is 0. The molecule has 0 bridgehead atoms. The van der Waals surface area contributed by atoms with Crippen molar-refractivity contribution in [2.24, 2.45) is 0 Å². The minimum atomic E-state index is 0.0339. The van der Waals surface area contributed by atoms with E-state index in [1.54, 1.807) is 0 Å². The molecule has 1 aliphatic heterocycles. The smallest absolute Gasteiger partial charge is 0.251 e. The lowest BCUT2D eigenvalue weighted by Gasteiger charge is -2.17. The summed E-state index contributed by atoms with van der Waals surface area (Å²) in [5.41, 5.74) is 3.24. The van der Waals surface area contributed by atoms with Gasteiger partial charge in [-0.25, -0.2) is 0 Å². The van der Waals surface area contributed by atoms with Crippen molar-refractivity contribution in [1.29, 1.82) is 0 Å². The summed E-state index contributed by atoms with van der Waals surface area (Å²) in [5.74, 6) is 0.0339. The molecule has 0 saturated carbocycles. The third kappa shape index (κ3) is 3.74. The van der Waals surface area contributed by atoms with Crippen molar-refractivity contribution in [2.75, 3.05) is 13.1 Å². The Bertz CT molecular complexity index is 622. The van der Waals surface area contributed by atoms with Crippen LogP contribution in [0.5, 0.6) is 0 Å². The minimum Gasteiger partial charge on any atom is -0.348 e. The third-order valence-electron chi connectivity index (χ3n) is 4.17. The monoisotopic (exact) mass is 294 g/mol. The lowest BCUT2D eigenvalue weighted by molar-refractivity contribution is 0.0937. The van der Waals surface area contributed by atoms with Gasteiger partial charge in [0, 0.05) is 31.2 Å². The van der Waals surface area contributed by atoms with Crippen LogP contribution in [-0.2, 0) is 6.54 Å². The van der Waals surface area contributed by atoms with Crippen molar-refractivity contribution < 1.29 is 4.79 Å². The van der Waals surface area contributed by atoms with Gasteiger partial charge in [0.15, 0.2) is 0 Å². The third-order valence-corrected chi connectivity index (χ3v) is 4.17. The summed E-state index contributed by atoms with van der Waals surface area (Å²) in [6.07, 6.45) is 1.02. The van der Waals surface area contributed by atoms with Gasteiger partial charge in [-0.15, -0.1) is 0 Å².